The summed E-state index contributed by atoms with van der Waals surface area (Å²) in [6.45, 7) is 3.40. The first-order valence-corrected chi connectivity index (χ1v) is 13.4. The lowest BCUT2D eigenvalue weighted by atomic mass is 9.94. The van der Waals surface area contributed by atoms with Crippen molar-refractivity contribution in [3.63, 3.8) is 0 Å². The molecule has 2 aromatic carbocycles. The van der Waals surface area contributed by atoms with Crippen LogP contribution in [0.25, 0.3) is 0 Å². The van der Waals surface area contributed by atoms with Crippen LogP contribution < -0.4 is 25.4 Å². The minimum atomic E-state index is -0.220. The van der Waals surface area contributed by atoms with Crippen molar-refractivity contribution in [2.45, 2.75) is 50.9 Å². The Morgan fingerprint density at radius 2 is 1.79 bits per heavy atom. The largest absolute Gasteiger partial charge is 0.497 e. The van der Waals surface area contributed by atoms with E-state index in [0.717, 1.165) is 36.1 Å². The Hall–Kier alpha value is -3.30. The fraction of sp³-hybridized carbons (Fsp3) is 0.517. The number of nitrogens with one attached hydrogen (secondary N) is 3. The zero-order chi connectivity index (χ0) is 26.7. The lowest BCUT2D eigenvalue weighted by Gasteiger charge is -2.34. The van der Waals surface area contributed by atoms with Gasteiger partial charge >= 0.3 is 6.03 Å². The second-order valence-electron chi connectivity index (χ2n) is 10.0. The maximum Gasteiger partial charge on any atom is 0.315 e. The standard InChI is InChI=1S/C29H40N4O5/c1-36-11-6-12-38-27-14-22(13-26(16-27)37-2)20-33(25-9-10-25)28(34)23-15-24(19-30-18-23)32-29(35)31-17-21-7-4-3-5-8-21/h3-5,7-8,13-14,16,23-25,30H,6,9-12,15,17-20H2,1-2H3,(H2,31,32,35)/t23-,24+/m0/s1. The molecule has 1 aliphatic carbocycles. The van der Waals surface area contributed by atoms with Gasteiger partial charge < -0.3 is 35.1 Å². The molecule has 1 heterocycles. The second kappa shape index (κ2) is 14.0. The average molecular weight is 525 g/mol. The van der Waals surface area contributed by atoms with Gasteiger partial charge in [0.15, 0.2) is 0 Å². The number of carbonyl (C=O) groups is 2. The Morgan fingerprint density at radius 3 is 2.53 bits per heavy atom. The van der Waals surface area contributed by atoms with Gasteiger partial charge in [-0.25, -0.2) is 4.79 Å². The van der Waals surface area contributed by atoms with Gasteiger partial charge in [-0.05, 0) is 42.5 Å². The van der Waals surface area contributed by atoms with Crippen molar-refractivity contribution in [3.05, 3.63) is 59.7 Å². The van der Waals surface area contributed by atoms with E-state index in [1.165, 1.54) is 0 Å². The number of urea groups is 1. The molecule has 2 fully saturated rings. The molecule has 3 amide bonds. The Bertz CT molecular complexity index is 1050. The predicted octanol–water partition coefficient (Wildman–Crippen LogP) is 3.08. The Balaban J connectivity index is 1.34. The summed E-state index contributed by atoms with van der Waals surface area (Å²) >= 11 is 0. The van der Waals surface area contributed by atoms with Gasteiger partial charge in [0.25, 0.3) is 0 Å². The number of methoxy groups -OCH3 is 2. The number of hydrogen-bond donors (Lipinski definition) is 3. The van der Waals surface area contributed by atoms with E-state index in [1.807, 2.05) is 53.4 Å². The normalized spacial score (nSPS) is 18.9. The highest BCUT2D eigenvalue weighted by atomic mass is 16.5. The van der Waals surface area contributed by atoms with E-state index in [1.54, 1.807) is 14.2 Å². The molecule has 0 bridgehead atoms. The first kappa shape index (κ1) is 27.7. The van der Waals surface area contributed by atoms with Gasteiger partial charge in [-0.1, -0.05) is 30.3 Å². The van der Waals surface area contributed by atoms with Crippen LogP contribution in [0.2, 0.25) is 0 Å². The highest BCUT2D eigenvalue weighted by molar-refractivity contribution is 5.80. The lowest BCUT2D eigenvalue weighted by Crippen LogP contribution is -2.54. The quantitative estimate of drug-likeness (QED) is 0.348. The van der Waals surface area contributed by atoms with E-state index in [9.17, 15) is 9.59 Å². The number of hydrogen-bond acceptors (Lipinski definition) is 6. The summed E-state index contributed by atoms with van der Waals surface area (Å²) in [5.41, 5.74) is 2.02. The molecule has 0 aromatic heterocycles. The van der Waals surface area contributed by atoms with Crippen molar-refractivity contribution >= 4 is 11.9 Å². The number of piperidine rings is 1. The van der Waals surface area contributed by atoms with Crippen LogP contribution in [0.1, 0.15) is 36.8 Å². The van der Waals surface area contributed by atoms with E-state index in [-0.39, 0.29) is 29.9 Å². The zero-order valence-corrected chi connectivity index (χ0v) is 22.4. The first-order chi connectivity index (χ1) is 18.6. The van der Waals surface area contributed by atoms with Crippen molar-refractivity contribution in [1.29, 1.82) is 0 Å². The summed E-state index contributed by atoms with van der Waals surface area (Å²) in [5.74, 6) is 1.36. The lowest BCUT2D eigenvalue weighted by molar-refractivity contribution is -0.137. The van der Waals surface area contributed by atoms with Gasteiger partial charge in [0.2, 0.25) is 5.91 Å². The number of rotatable bonds is 13. The molecule has 1 saturated heterocycles. The molecule has 2 atom stereocenters. The van der Waals surface area contributed by atoms with Crippen molar-refractivity contribution in [1.82, 2.24) is 20.9 Å². The molecule has 206 valence electrons. The number of nitrogens with zero attached hydrogens (tertiary/aromatic N) is 1. The Morgan fingerprint density at radius 1 is 1.00 bits per heavy atom. The second-order valence-corrected chi connectivity index (χ2v) is 10.0. The Labute approximate surface area is 225 Å². The van der Waals surface area contributed by atoms with E-state index >= 15 is 0 Å². The fourth-order valence-electron chi connectivity index (χ4n) is 4.78. The maximum absolute atomic E-state index is 13.7. The fourth-order valence-corrected chi connectivity index (χ4v) is 4.78. The molecular weight excluding hydrogens is 484 g/mol. The van der Waals surface area contributed by atoms with E-state index in [0.29, 0.717) is 51.6 Å². The average Bonchev–Trinajstić information content (AvgIpc) is 3.79. The minimum absolute atomic E-state index is 0.113. The monoisotopic (exact) mass is 524 g/mol. The maximum atomic E-state index is 13.7. The molecule has 1 saturated carbocycles. The molecule has 9 nitrogen and oxygen atoms in total. The highest BCUT2D eigenvalue weighted by Gasteiger charge is 2.38. The SMILES string of the molecule is COCCCOc1cc(CN(C(=O)[C@@H]2CNC[C@H](NC(=O)NCc3ccccc3)C2)C2CC2)cc(OC)c1. The van der Waals surface area contributed by atoms with Crippen LogP contribution in [0.4, 0.5) is 4.79 Å². The predicted molar refractivity (Wildman–Crippen MR) is 145 cm³/mol. The van der Waals surface area contributed by atoms with E-state index in [2.05, 4.69) is 16.0 Å². The summed E-state index contributed by atoms with van der Waals surface area (Å²) < 4.78 is 16.5. The molecular formula is C29H40N4O5. The van der Waals surface area contributed by atoms with Crippen LogP contribution in [-0.4, -0.2) is 69.4 Å². The summed E-state index contributed by atoms with van der Waals surface area (Å²) in [7, 11) is 3.31. The van der Waals surface area contributed by atoms with Crippen molar-refractivity contribution in [2.24, 2.45) is 5.92 Å². The summed E-state index contributed by atoms with van der Waals surface area (Å²) in [6, 6.07) is 15.5. The summed E-state index contributed by atoms with van der Waals surface area (Å²) in [6.07, 6.45) is 3.43. The van der Waals surface area contributed by atoms with Gasteiger partial charge in [0, 0.05) is 64.5 Å². The van der Waals surface area contributed by atoms with Crippen molar-refractivity contribution < 1.29 is 23.8 Å². The molecule has 3 N–H and O–H groups in total. The van der Waals surface area contributed by atoms with Crippen LogP contribution in [0.15, 0.2) is 48.5 Å². The Kier molecular flexibility index (Phi) is 10.2. The van der Waals surface area contributed by atoms with Crippen LogP contribution in [0.5, 0.6) is 11.5 Å². The summed E-state index contributed by atoms with van der Waals surface area (Å²) in [5, 5.41) is 9.28. The van der Waals surface area contributed by atoms with Crippen molar-refractivity contribution in [2.75, 3.05) is 40.5 Å². The van der Waals surface area contributed by atoms with E-state index < -0.39 is 0 Å². The van der Waals surface area contributed by atoms with Crippen LogP contribution in [-0.2, 0) is 22.6 Å². The molecule has 2 aliphatic rings. The molecule has 1 aliphatic heterocycles. The molecule has 0 spiro atoms. The topological polar surface area (TPSA) is 101 Å². The van der Waals surface area contributed by atoms with Gasteiger partial charge in [0.05, 0.1) is 19.6 Å². The van der Waals surface area contributed by atoms with Crippen LogP contribution in [0, 0.1) is 5.92 Å². The van der Waals surface area contributed by atoms with Gasteiger partial charge in [-0.15, -0.1) is 0 Å². The summed E-state index contributed by atoms with van der Waals surface area (Å²) in [4.78, 5) is 28.2. The molecule has 38 heavy (non-hydrogen) atoms. The smallest absolute Gasteiger partial charge is 0.315 e. The molecule has 0 radical (unpaired) electrons. The third-order valence-electron chi connectivity index (χ3n) is 6.89. The van der Waals surface area contributed by atoms with Gasteiger partial charge in [0.1, 0.15) is 11.5 Å². The number of carbonyl (C=O) groups excluding carboxylic acids is 2. The minimum Gasteiger partial charge on any atom is -0.497 e. The molecule has 4 rings (SSSR count). The van der Waals surface area contributed by atoms with Gasteiger partial charge in [-0.3, -0.25) is 4.79 Å². The first-order valence-electron chi connectivity index (χ1n) is 13.4. The van der Waals surface area contributed by atoms with Gasteiger partial charge in [-0.2, -0.15) is 0 Å². The highest BCUT2D eigenvalue weighted by Crippen LogP contribution is 2.32. The zero-order valence-electron chi connectivity index (χ0n) is 22.4. The molecule has 2 aromatic rings. The third-order valence-corrected chi connectivity index (χ3v) is 6.89. The van der Waals surface area contributed by atoms with E-state index in [4.69, 9.17) is 14.2 Å². The van der Waals surface area contributed by atoms with Crippen LogP contribution >= 0.6 is 0 Å². The van der Waals surface area contributed by atoms with Crippen molar-refractivity contribution in [3.8, 4) is 11.5 Å². The number of amides is 3. The van der Waals surface area contributed by atoms with Crippen LogP contribution in [0.3, 0.4) is 0 Å². The number of ether oxygens (including phenoxy) is 3. The molecule has 0 unspecified atom stereocenters. The molecule has 9 heteroatoms. The number of benzene rings is 2. The third kappa shape index (κ3) is 8.36.